The number of benzene rings is 2. The SMILES string of the molecule is CN(C)c1nc(NC2CCC(CNCc3cnc4ccccc4c3)CC2)nc2ccccc12. The number of hydrogen-bond acceptors (Lipinski definition) is 6. The van der Waals surface area contributed by atoms with Gasteiger partial charge in [-0.15, -0.1) is 0 Å². The highest BCUT2D eigenvalue weighted by Crippen LogP contribution is 2.28. The van der Waals surface area contributed by atoms with Gasteiger partial charge >= 0.3 is 0 Å². The van der Waals surface area contributed by atoms with E-state index in [1.54, 1.807) is 0 Å². The molecular weight excluding hydrogens is 408 g/mol. The van der Waals surface area contributed by atoms with Crippen LogP contribution in [-0.4, -0.2) is 41.6 Å². The molecule has 1 aliphatic rings. The van der Waals surface area contributed by atoms with Crippen molar-refractivity contribution in [1.82, 2.24) is 20.3 Å². The van der Waals surface area contributed by atoms with Gasteiger partial charge in [-0.1, -0.05) is 30.3 Å². The summed E-state index contributed by atoms with van der Waals surface area (Å²) < 4.78 is 0. The minimum atomic E-state index is 0.433. The van der Waals surface area contributed by atoms with Crippen LogP contribution >= 0.6 is 0 Å². The molecule has 6 nitrogen and oxygen atoms in total. The monoisotopic (exact) mass is 440 g/mol. The summed E-state index contributed by atoms with van der Waals surface area (Å²) in [4.78, 5) is 16.2. The average molecular weight is 441 g/mol. The van der Waals surface area contributed by atoms with Gasteiger partial charge in [-0.2, -0.15) is 4.98 Å². The fourth-order valence-corrected chi connectivity index (χ4v) is 4.79. The largest absolute Gasteiger partial charge is 0.362 e. The Bertz CT molecular complexity index is 1230. The molecule has 1 fully saturated rings. The molecule has 2 N–H and O–H groups in total. The summed E-state index contributed by atoms with van der Waals surface area (Å²) in [5.74, 6) is 2.42. The van der Waals surface area contributed by atoms with E-state index in [2.05, 4.69) is 56.9 Å². The van der Waals surface area contributed by atoms with Crippen LogP contribution in [0.4, 0.5) is 11.8 Å². The van der Waals surface area contributed by atoms with E-state index in [9.17, 15) is 0 Å². The van der Waals surface area contributed by atoms with Gasteiger partial charge in [0.25, 0.3) is 0 Å². The van der Waals surface area contributed by atoms with Crippen molar-refractivity contribution in [2.75, 3.05) is 30.9 Å². The molecule has 2 aromatic carbocycles. The molecule has 0 radical (unpaired) electrons. The van der Waals surface area contributed by atoms with Gasteiger partial charge in [-0.3, -0.25) is 4.98 Å². The number of pyridine rings is 1. The second-order valence-corrected chi connectivity index (χ2v) is 9.31. The second kappa shape index (κ2) is 9.71. The lowest BCUT2D eigenvalue weighted by atomic mass is 9.86. The zero-order chi connectivity index (χ0) is 22.6. The molecule has 0 amide bonds. The van der Waals surface area contributed by atoms with Crippen LogP contribution in [-0.2, 0) is 6.54 Å². The standard InChI is InChI=1S/C27H32N6/c1-33(2)26-23-8-4-6-10-25(23)31-27(32-26)30-22-13-11-19(12-14-22)16-28-17-20-15-21-7-3-5-9-24(21)29-18-20/h3-10,15,18-19,22,28H,11-14,16-17H2,1-2H3,(H,30,31,32). The van der Waals surface area contributed by atoms with Gasteiger partial charge in [0, 0.05) is 43.7 Å². The van der Waals surface area contributed by atoms with Crippen LogP contribution in [0.1, 0.15) is 31.2 Å². The average Bonchev–Trinajstić information content (AvgIpc) is 2.84. The summed E-state index contributed by atoms with van der Waals surface area (Å²) in [5, 5.41) is 9.55. The molecule has 33 heavy (non-hydrogen) atoms. The lowest BCUT2D eigenvalue weighted by Crippen LogP contribution is -2.31. The number of hydrogen-bond donors (Lipinski definition) is 2. The van der Waals surface area contributed by atoms with Crippen molar-refractivity contribution in [3.63, 3.8) is 0 Å². The summed E-state index contributed by atoms with van der Waals surface area (Å²) in [7, 11) is 4.06. The number of anilines is 2. The van der Waals surface area contributed by atoms with Gasteiger partial charge in [-0.05, 0) is 68.0 Å². The smallest absolute Gasteiger partial charge is 0.225 e. The zero-order valence-corrected chi connectivity index (χ0v) is 19.5. The lowest BCUT2D eigenvalue weighted by Gasteiger charge is -2.29. The molecule has 1 aliphatic carbocycles. The van der Waals surface area contributed by atoms with Gasteiger partial charge in [0.15, 0.2) is 0 Å². The first-order valence-corrected chi connectivity index (χ1v) is 11.9. The fraction of sp³-hybridized carbons (Fsp3) is 0.370. The molecule has 5 rings (SSSR count). The molecule has 0 aliphatic heterocycles. The Labute approximate surface area is 195 Å². The number of nitrogens with one attached hydrogen (secondary N) is 2. The first-order chi connectivity index (χ1) is 16.2. The van der Waals surface area contributed by atoms with Crippen LogP contribution in [0.2, 0.25) is 0 Å². The van der Waals surface area contributed by atoms with Crippen molar-refractivity contribution in [2.24, 2.45) is 5.92 Å². The lowest BCUT2D eigenvalue weighted by molar-refractivity contribution is 0.324. The van der Waals surface area contributed by atoms with Crippen LogP contribution in [0.25, 0.3) is 21.8 Å². The molecule has 0 spiro atoms. The summed E-state index contributed by atoms with van der Waals surface area (Å²) in [6.45, 7) is 1.92. The first-order valence-electron chi connectivity index (χ1n) is 11.9. The molecule has 4 aromatic rings. The van der Waals surface area contributed by atoms with E-state index in [1.165, 1.54) is 23.8 Å². The highest BCUT2D eigenvalue weighted by atomic mass is 15.2. The molecule has 2 heterocycles. The summed E-state index contributed by atoms with van der Waals surface area (Å²) >= 11 is 0. The van der Waals surface area contributed by atoms with Gasteiger partial charge in [-0.25, -0.2) is 4.98 Å². The Morgan fingerprint density at radius 1 is 0.909 bits per heavy atom. The number of para-hydroxylation sites is 2. The van der Waals surface area contributed by atoms with Gasteiger partial charge in [0.05, 0.1) is 11.0 Å². The maximum Gasteiger partial charge on any atom is 0.225 e. The van der Waals surface area contributed by atoms with E-state index in [1.807, 2.05) is 38.5 Å². The molecule has 170 valence electrons. The molecule has 0 atom stereocenters. The van der Waals surface area contributed by atoms with E-state index in [0.29, 0.717) is 12.0 Å². The van der Waals surface area contributed by atoms with Crippen molar-refractivity contribution in [2.45, 2.75) is 38.3 Å². The van der Waals surface area contributed by atoms with E-state index in [4.69, 9.17) is 9.97 Å². The Hall–Kier alpha value is -3.25. The number of rotatable bonds is 7. The minimum absolute atomic E-state index is 0.433. The van der Waals surface area contributed by atoms with Crippen molar-refractivity contribution >= 4 is 33.6 Å². The molecule has 2 aromatic heterocycles. The van der Waals surface area contributed by atoms with Crippen molar-refractivity contribution < 1.29 is 0 Å². The Balaban J connectivity index is 1.13. The molecule has 0 bridgehead atoms. The quantitative estimate of drug-likeness (QED) is 0.421. The molecule has 0 unspecified atom stereocenters. The van der Waals surface area contributed by atoms with Crippen LogP contribution in [0.5, 0.6) is 0 Å². The zero-order valence-electron chi connectivity index (χ0n) is 19.5. The predicted octanol–water partition coefficient (Wildman–Crippen LogP) is 5.00. The predicted molar refractivity (Wildman–Crippen MR) is 137 cm³/mol. The highest BCUT2D eigenvalue weighted by molar-refractivity contribution is 5.90. The van der Waals surface area contributed by atoms with Crippen molar-refractivity contribution in [3.05, 3.63) is 66.4 Å². The summed E-state index contributed by atoms with van der Waals surface area (Å²) in [6.07, 6.45) is 6.72. The van der Waals surface area contributed by atoms with E-state index < -0.39 is 0 Å². The third kappa shape index (κ3) is 5.06. The second-order valence-electron chi connectivity index (χ2n) is 9.31. The summed E-state index contributed by atoms with van der Waals surface area (Å²) in [5.41, 5.74) is 3.29. The van der Waals surface area contributed by atoms with E-state index in [0.717, 1.165) is 54.1 Å². The van der Waals surface area contributed by atoms with E-state index in [-0.39, 0.29) is 0 Å². The van der Waals surface area contributed by atoms with Crippen LogP contribution in [0.3, 0.4) is 0 Å². The maximum absolute atomic E-state index is 4.80. The van der Waals surface area contributed by atoms with Crippen molar-refractivity contribution in [3.8, 4) is 0 Å². The maximum atomic E-state index is 4.80. The third-order valence-electron chi connectivity index (χ3n) is 6.60. The van der Waals surface area contributed by atoms with Crippen LogP contribution < -0.4 is 15.5 Å². The number of fused-ring (bicyclic) bond motifs is 2. The van der Waals surface area contributed by atoms with Crippen molar-refractivity contribution in [1.29, 1.82) is 0 Å². The molecular formula is C27H32N6. The normalized spacial score (nSPS) is 18.5. The topological polar surface area (TPSA) is 66.0 Å². The van der Waals surface area contributed by atoms with Gasteiger partial charge in [0.1, 0.15) is 5.82 Å². The molecule has 0 saturated heterocycles. The van der Waals surface area contributed by atoms with Crippen LogP contribution in [0.15, 0.2) is 60.8 Å². The summed E-state index contributed by atoms with van der Waals surface area (Å²) in [6, 6.07) is 19.2. The Kier molecular flexibility index (Phi) is 6.35. The molecule has 1 saturated carbocycles. The third-order valence-corrected chi connectivity index (χ3v) is 6.60. The van der Waals surface area contributed by atoms with Gasteiger partial charge < -0.3 is 15.5 Å². The number of nitrogens with zero attached hydrogens (tertiary/aromatic N) is 4. The van der Waals surface area contributed by atoms with E-state index >= 15 is 0 Å². The Morgan fingerprint density at radius 2 is 1.67 bits per heavy atom. The molecule has 6 heteroatoms. The number of aromatic nitrogens is 3. The fourth-order valence-electron chi connectivity index (χ4n) is 4.79. The van der Waals surface area contributed by atoms with Gasteiger partial charge in [0.2, 0.25) is 5.95 Å². The first kappa shape index (κ1) is 21.6. The Morgan fingerprint density at radius 3 is 2.48 bits per heavy atom. The highest BCUT2D eigenvalue weighted by Gasteiger charge is 2.22. The minimum Gasteiger partial charge on any atom is -0.362 e. The van der Waals surface area contributed by atoms with Crippen LogP contribution in [0, 0.1) is 5.92 Å².